The van der Waals surface area contributed by atoms with Crippen LogP contribution in [0.1, 0.15) is 52.0 Å². The van der Waals surface area contributed by atoms with Crippen LogP contribution in [0.3, 0.4) is 0 Å². The van der Waals surface area contributed by atoms with Crippen LogP contribution < -0.4 is 10.5 Å². The molecule has 0 amide bonds. The lowest BCUT2D eigenvalue weighted by Gasteiger charge is -2.22. The highest BCUT2D eigenvalue weighted by Crippen LogP contribution is 2.23. The molecule has 0 radical (unpaired) electrons. The summed E-state index contributed by atoms with van der Waals surface area (Å²) in [7, 11) is -3.56. The van der Waals surface area contributed by atoms with Crippen LogP contribution in [-0.2, 0) is 10.0 Å². The zero-order valence-corrected chi connectivity index (χ0v) is 12.3. The Morgan fingerprint density at radius 3 is 2.53 bits per heavy atom. The van der Waals surface area contributed by atoms with E-state index in [1.54, 1.807) is 0 Å². The molecule has 7 heteroatoms. The van der Waals surface area contributed by atoms with E-state index in [0.717, 1.165) is 25.7 Å². The number of hydrogen-bond donors (Lipinski definition) is 2. The average Bonchev–Trinajstić information content (AvgIpc) is 2.72. The minimum absolute atomic E-state index is 0.0283. The van der Waals surface area contributed by atoms with E-state index < -0.39 is 10.0 Å². The van der Waals surface area contributed by atoms with Crippen LogP contribution in [0, 0.1) is 0 Å². The summed E-state index contributed by atoms with van der Waals surface area (Å²) in [5, 5.41) is 4.05. The number of hydrogen-bond acceptors (Lipinski definition) is 4. The summed E-state index contributed by atoms with van der Waals surface area (Å²) in [4.78, 5) is 0.0896. The smallest absolute Gasteiger partial charge is 0.246 e. The molecule has 1 aromatic rings. The van der Waals surface area contributed by atoms with Gasteiger partial charge in [-0.1, -0.05) is 19.3 Å². The molecule has 0 saturated heterocycles. The van der Waals surface area contributed by atoms with Gasteiger partial charge in [0.25, 0.3) is 0 Å². The van der Waals surface area contributed by atoms with Crippen molar-refractivity contribution in [1.29, 1.82) is 0 Å². The molecule has 108 valence electrons. The molecule has 1 aliphatic carbocycles. The molecule has 0 aromatic carbocycles. The predicted octanol–water partition coefficient (Wildman–Crippen LogP) is 1.66. The van der Waals surface area contributed by atoms with Gasteiger partial charge in [0, 0.05) is 12.1 Å². The van der Waals surface area contributed by atoms with Crippen molar-refractivity contribution in [2.75, 3.05) is 5.73 Å². The van der Waals surface area contributed by atoms with E-state index in [4.69, 9.17) is 5.73 Å². The molecular weight excluding hydrogens is 264 g/mol. The summed E-state index contributed by atoms with van der Waals surface area (Å²) in [6, 6.07) is 0.0687. The molecule has 1 aliphatic rings. The van der Waals surface area contributed by atoms with Crippen molar-refractivity contribution in [3.8, 4) is 0 Å². The maximum absolute atomic E-state index is 12.3. The molecule has 19 heavy (non-hydrogen) atoms. The van der Waals surface area contributed by atoms with E-state index in [1.807, 2.05) is 13.8 Å². The van der Waals surface area contributed by atoms with Gasteiger partial charge in [0.1, 0.15) is 10.7 Å². The van der Waals surface area contributed by atoms with Crippen LogP contribution in [-0.4, -0.2) is 24.2 Å². The first-order valence-corrected chi connectivity index (χ1v) is 8.25. The summed E-state index contributed by atoms with van der Waals surface area (Å²) >= 11 is 0. The van der Waals surface area contributed by atoms with Gasteiger partial charge in [-0.05, 0) is 26.7 Å². The topological polar surface area (TPSA) is 90.0 Å². The Labute approximate surface area is 114 Å². The Hall–Kier alpha value is -1.08. The van der Waals surface area contributed by atoms with E-state index in [2.05, 4.69) is 9.82 Å². The van der Waals surface area contributed by atoms with Crippen LogP contribution >= 0.6 is 0 Å². The Bertz CT molecular complexity index is 530. The van der Waals surface area contributed by atoms with Gasteiger partial charge in [-0.25, -0.2) is 17.8 Å². The highest BCUT2D eigenvalue weighted by atomic mass is 32.2. The average molecular weight is 286 g/mol. The lowest BCUT2D eigenvalue weighted by Crippen LogP contribution is -2.36. The van der Waals surface area contributed by atoms with Gasteiger partial charge >= 0.3 is 0 Å². The number of anilines is 1. The standard InChI is InChI=1S/C12H22N4O2S/c1-9(2)16-12(13)11(8-14-16)19(17,18)15-10-6-4-3-5-7-10/h8-10,15H,3-7,13H2,1-2H3. The van der Waals surface area contributed by atoms with Gasteiger partial charge < -0.3 is 5.73 Å². The highest BCUT2D eigenvalue weighted by Gasteiger charge is 2.26. The predicted molar refractivity (Wildman–Crippen MR) is 74.2 cm³/mol. The minimum Gasteiger partial charge on any atom is -0.383 e. The van der Waals surface area contributed by atoms with Gasteiger partial charge in [0.05, 0.1) is 6.20 Å². The van der Waals surface area contributed by atoms with Crippen molar-refractivity contribution in [3.63, 3.8) is 0 Å². The van der Waals surface area contributed by atoms with Gasteiger partial charge in [-0.15, -0.1) is 0 Å². The molecular formula is C12H22N4O2S. The Morgan fingerprint density at radius 2 is 2.00 bits per heavy atom. The maximum Gasteiger partial charge on any atom is 0.246 e. The maximum atomic E-state index is 12.3. The minimum atomic E-state index is -3.56. The molecule has 1 fully saturated rings. The zero-order chi connectivity index (χ0) is 14.0. The largest absolute Gasteiger partial charge is 0.383 e. The third-order valence-electron chi connectivity index (χ3n) is 3.50. The highest BCUT2D eigenvalue weighted by molar-refractivity contribution is 7.89. The van der Waals surface area contributed by atoms with Crippen molar-refractivity contribution in [2.45, 2.75) is 62.9 Å². The summed E-state index contributed by atoms with van der Waals surface area (Å²) in [5.41, 5.74) is 5.88. The van der Waals surface area contributed by atoms with E-state index in [-0.39, 0.29) is 22.8 Å². The van der Waals surface area contributed by atoms with E-state index >= 15 is 0 Å². The SMILES string of the molecule is CC(C)n1ncc(S(=O)(=O)NC2CCCCC2)c1N. The third kappa shape index (κ3) is 3.09. The molecule has 1 heterocycles. The summed E-state index contributed by atoms with van der Waals surface area (Å²) in [5.74, 6) is 0.207. The number of nitrogens with one attached hydrogen (secondary N) is 1. The van der Waals surface area contributed by atoms with Crippen molar-refractivity contribution < 1.29 is 8.42 Å². The van der Waals surface area contributed by atoms with Crippen LogP contribution in [0.25, 0.3) is 0 Å². The van der Waals surface area contributed by atoms with E-state index in [9.17, 15) is 8.42 Å². The fourth-order valence-electron chi connectivity index (χ4n) is 2.48. The molecule has 0 spiro atoms. The molecule has 0 bridgehead atoms. The second-order valence-corrected chi connectivity index (χ2v) is 7.07. The lowest BCUT2D eigenvalue weighted by molar-refractivity contribution is 0.412. The first-order chi connectivity index (χ1) is 8.92. The quantitative estimate of drug-likeness (QED) is 0.880. The fraction of sp³-hybridized carbons (Fsp3) is 0.750. The van der Waals surface area contributed by atoms with Crippen LogP contribution in [0.5, 0.6) is 0 Å². The Morgan fingerprint density at radius 1 is 1.37 bits per heavy atom. The molecule has 0 aliphatic heterocycles. The van der Waals surface area contributed by atoms with Crippen LogP contribution in [0.4, 0.5) is 5.82 Å². The molecule has 3 N–H and O–H groups in total. The number of nitrogens with two attached hydrogens (primary N) is 1. The van der Waals surface area contributed by atoms with Gasteiger partial charge in [0.2, 0.25) is 10.0 Å². The number of rotatable bonds is 4. The molecule has 2 rings (SSSR count). The van der Waals surface area contributed by atoms with Crippen LogP contribution in [0.2, 0.25) is 0 Å². The van der Waals surface area contributed by atoms with Crippen molar-refractivity contribution >= 4 is 15.8 Å². The van der Waals surface area contributed by atoms with Crippen LogP contribution in [0.15, 0.2) is 11.1 Å². The molecule has 0 atom stereocenters. The van der Waals surface area contributed by atoms with E-state index in [1.165, 1.54) is 17.3 Å². The van der Waals surface area contributed by atoms with Crippen molar-refractivity contribution in [3.05, 3.63) is 6.20 Å². The molecule has 0 unspecified atom stereocenters. The first kappa shape index (κ1) is 14.3. The van der Waals surface area contributed by atoms with Gasteiger partial charge in [-0.3, -0.25) is 0 Å². The summed E-state index contributed by atoms with van der Waals surface area (Å²) in [6.07, 6.45) is 6.48. The normalized spacial score (nSPS) is 18.1. The van der Waals surface area contributed by atoms with Crippen molar-refractivity contribution in [1.82, 2.24) is 14.5 Å². The Kier molecular flexibility index (Phi) is 4.15. The van der Waals surface area contributed by atoms with Crippen molar-refractivity contribution in [2.24, 2.45) is 0 Å². The molecule has 1 aromatic heterocycles. The number of sulfonamides is 1. The van der Waals surface area contributed by atoms with Gasteiger partial charge in [-0.2, -0.15) is 5.10 Å². The summed E-state index contributed by atoms with van der Waals surface area (Å²) in [6.45, 7) is 3.82. The first-order valence-electron chi connectivity index (χ1n) is 6.77. The molecule has 1 saturated carbocycles. The summed E-state index contributed by atoms with van der Waals surface area (Å²) < 4.78 is 28.9. The zero-order valence-electron chi connectivity index (χ0n) is 11.5. The lowest BCUT2D eigenvalue weighted by atomic mass is 9.96. The number of aromatic nitrogens is 2. The monoisotopic (exact) mass is 286 g/mol. The Balaban J connectivity index is 2.19. The third-order valence-corrected chi connectivity index (χ3v) is 5.04. The number of nitrogens with zero attached hydrogens (tertiary/aromatic N) is 2. The fourth-order valence-corrected chi connectivity index (χ4v) is 3.83. The van der Waals surface area contributed by atoms with Gasteiger partial charge in [0.15, 0.2) is 0 Å². The second kappa shape index (κ2) is 5.50. The van der Waals surface area contributed by atoms with E-state index in [0.29, 0.717) is 0 Å². The second-order valence-electron chi connectivity index (χ2n) is 5.39. The number of nitrogen functional groups attached to an aromatic ring is 1. The molecule has 6 nitrogen and oxygen atoms in total.